The fourth-order valence-electron chi connectivity index (χ4n) is 5.86. The second-order valence-corrected chi connectivity index (χ2v) is 10.2. The van der Waals surface area contributed by atoms with Crippen LogP contribution in [0.3, 0.4) is 0 Å². The smallest absolute Gasteiger partial charge is 0.216 e. The van der Waals surface area contributed by atoms with E-state index in [0.29, 0.717) is 5.92 Å². The number of para-hydroxylation sites is 1. The molecule has 0 unspecified atom stereocenters. The van der Waals surface area contributed by atoms with Gasteiger partial charge < -0.3 is 4.42 Å². The number of hydrogen-bond acceptors (Lipinski definition) is 1. The number of fused-ring (bicyclic) bond motifs is 4. The maximum atomic E-state index is 6.79. The summed E-state index contributed by atoms with van der Waals surface area (Å²) in [5.74, 6) is 0.522. The topological polar surface area (TPSA) is 17.0 Å². The second kappa shape index (κ2) is 8.13. The zero-order chi connectivity index (χ0) is 23.4. The largest absolute Gasteiger partial charge is 0.454 e. The van der Waals surface area contributed by atoms with Crippen LogP contribution in [-0.4, -0.2) is 0 Å². The summed E-state index contributed by atoms with van der Waals surface area (Å²) >= 11 is 0. The quantitative estimate of drug-likeness (QED) is 0.256. The first-order valence-corrected chi connectivity index (χ1v) is 12.6. The summed E-state index contributed by atoms with van der Waals surface area (Å²) in [4.78, 5) is 0. The Bertz CT molecular complexity index is 1550. The molecule has 2 nitrogen and oxygen atoms in total. The van der Waals surface area contributed by atoms with E-state index < -0.39 is 0 Å². The number of hydrogen-bond donors (Lipinski definition) is 0. The molecule has 0 bridgehead atoms. The van der Waals surface area contributed by atoms with Crippen molar-refractivity contribution in [3.05, 3.63) is 89.1 Å². The lowest BCUT2D eigenvalue weighted by molar-refractivity contribution is -0.660. The normalized spacial score (nSPS) is 13.7. The summed E-state index contributed by atoms with van der Waals surface area (Å²) in [5.41, 5.74) is 12.7. The zero-order valence-corrected chi connectivity index (χ0v) is 20.6. The minimum Gasteiger partial charge on any atom is -0.454 e. The maximum absolute atomic E-state index is 6.79. The van der Waals surface area contributed by atoms with Gasteiger partial charge >= 0.3 is 0 Å². The van der Waals surface area contributed by atoms with Crippen LogP contribution in [0.5, 0.6) is 0 Å². The van der Waals surface area contributed by atoms with E-state index >= 15 is 0 Å². The van der Waals surface area contributed by atoms with Gasteiger partial charge in [-0.1, -0.05) is 56.3 Å². The third-order valence-electron chi connectivity index (χ3n) is 7.62. The molecule has 2 heterocycles. The first-order chi connectivity index (χ1) is 16.5. The molecule has 34 heavy (non-hydrogen) atoms. The van der Waals surface area contributed by atoms with E-state index in [1.54, 1.807) is 5.56 Å². The molecule has 2 aromatic heterocycles. The molecule has 1 aliphatic carbocycles. The van der Waals surface area contributed by atoms with Crippen molar-refractivity contribution >= 4 is 21.9 Å². The summed E-state index contributed by atoms with van der Waals surface area (Å²) in [6.45, 7) is 6.82. The fourth-order valence-corrected chi connectivity index (χ4v) is 5.86. The monoisotopic (exact) mass is 446 g/mol. The molecule has 0 fully saturated rings. The van der Waals surface area contributed by atoms with Gasteiger partial charge in [0.15, 0.2) is 6.20 Å². The van der Waals surface area contributed by atoms with Crippen LogP contribution in [0.2, 0.25) is 0 Å². The number of rotatable bonds is 3. The van der Waals surface area contributed by atoms with E-state index in [-0.39, 0.29) is 0 Å². The Morgan fingerprint density at radius 1 is 0.853 bits per heavy atom. The highest BCUT2D eigenvalue weighted by atomic mass is 16.3. The van der Waals surface area contributed by atoms with Crippen LogP contribution < -0.4 is 4.57 Å². The van der Waals surface area contributed by atoms with Gasteiger partial charge in [0, 0.05) is 28.5 Å². The van der Waals surface area contributed by atoms with Gasteiger partial charge in [-0.2, -0.15) is 0 Å². The van der Waals surface area contributed by atoms with Crippen molar-refractivity contribution in [1.82, 2.24) is 0 Å². The highest BCUT2D eigenvalue weighted by Crippen LogP contribution is 2.42. The molecule has 2 heteroatoms. The number of benzene rings is 3. The van der Waals surface area contributed by atoms with E-state index in [1.165, 1.54) is 75.5 Å². The van der Waals surface area contributed by atoms with Gasteiger partial charge in [0.1, 0.15) is 18.2 Å². The number of aryl methyl sites for hydroxylation is 3. The van der Waals surface area contributed by atoms with E-state index in [2.05, 4.69) is 99.2 Å². The van der Waals surface area contributed by atoms with Crippen molar-refractivity contribution < 1.29 is 8.98 Å². The summed E-state index contributed by atoms with van der Waals surface area (Å²) < 4.78 is 8.97. The number of pyridine rings is 1. The van der Waals surface area contributed by atoms with Crippen molar-refractivity contribution in [2.45, 2.75) is 52.4 Å². The van der Waals surface area contributed by atoms with Crippen molar-refractivity contribution in [2.24, 2.45) is 7.05 Å². The minimum atomic E-state index is 0.522. The molecule has 1 aliphatic rings. The summed E-state index contributed by atoms with van der Waals surface area (Å²) in [5, 5.41) is 2.37. The molecular weight excluding hydrogens is 414 g/mol. The van der Waals surface area contributed by atoms with Gasteiger partial charge in [-0.05, 0) is 72.4 Å². The van der Waals surface area contributed by atoms with E-state index in [1.807, 2.05) is 0 Å². The lowest BCUT2D eigenvalue weighted by Gasteiger charge is -2.23. The Hall–Kier alpha value is -3.39. The van der Waals surface area contributed by atoms with Gasteiger partial charge in [0.05, 0.1) is 5.56 Å². The Morgan fingerprint density at radius 3 is 2.50 bits per heavy atom. The van der Waals surface area contributed by atoms with Crippen molar-refractivity contribution in [2.75, 3.05) is 0 Å². The van der Waals surface area contributed by atoms with Crippen LogP contribution in [0.1, 0.15) is 54.9 Å². The standard InChI is InChI=1S/C32H32NO/c1-20(2)28-19-23(18-22-10-5-6-11-24(22)28)25-12-9-13-26-27-16-15-21(3)30(32(27)34-31(25)26)29-14-7-8-17-33(29)4/h7-9,12-20H,5-6,10-11H2,1-4H3/q+1. The summed E-state index contributed by atoms with van der Waals surface area (Å²) in [6, 6.07) is 22.3. The molecule has 0 amide bonds. The van der Waals surface area contributed by atoms with Crippen LogP contribution >= 0.6 is 0 Å². The highest BCUT2D eigenvalue weighted by molar-refractivity contribution is 6.13. The molecule has 5 aromatic rings. The van der Waals surface area contributed by atoms with Crippen LogP contribution in [0.4, 0.5) is 0 Å². The molecule has 6 rings (SSSR count). The second-order valence-electron chi connectivity index (χ2n) is 10.2. The predicted molar refractivity (Wildman–Crippen MR) is 141 cm³/mol. The van der Waals surface area contributed by atoms with E-state index in [4.69, 9.17) is 4.42 Å². The molecule has 0 saturated heterocycles. The molecule has 3 aromatic carbocycles. The van der Waals surface area contributed by atoms with Gasteiger partial charge in [-0.3, -0.25) is 0 Å². The van der Waals surface area contributed by atoms with Crippen LogP contribution in [0, 0.1) is 6.92 Å². The first kappa shape index (κ1) is 21.2. The van der Waals surface area contributed by atoms with Crippen molar-refractivity contribution in [3.8, 4) is 22.4 Å². The molecule has 0 atom stereocenters. The highest BCUT2D eigenvalue weighted by Gasteiger charge is 2.23. The van der Waals surface area contributed by atoms with Gasteiger partial charge in [-0.15, -0.1) is 0 Å². The molecule has 0 N–H and O–H groups in total. The Kier molecular flexibility index (Phi) is 5.06. The molecule has 0 radical (unpaired) electrons. The zero-order valence-electron chi connectivity index (χ0n) is 20.6. The first-order valence-electron chi connectivity index (χ1n) is 12.6. The average molecular weight is 447 g/mol. The molecule has 170 valence electrons. The Labute approximate surface area is 201 Å². The Morgan fingerprint density at radius 2 is 1.68 bits per heavy atom. The third-order valence-corrected chi connectivity index (χ3v) is 7.62. The van der Waals surface area contributed by atoms with E-state index in [9.17, 15) is 0 Å². The van der Waals surface area contributed by atoms with Crippen molar-refractivity contribution in [3.63, 3.8) is 0 Å². The Balaban J connectivity index is 1.64. The maximum Gasteiger partial charge on any atom is 0.216 e. The summed E-state index contributed by atoms with van der Waals surface area (Å²) in [6.07, 6.45) is 7.10. The lowest BCUT2D eigenvalue weighted by Crippen LogP contribution is -2.30. The minimum absolute atomic E-state index is 0.522. The molecule has 0 saturated carbocycles. The van der Waals surface area contributed by atoms with Crippen LogP contribution in [-0.2, 0) is 19.9 Å². The number of nitrogens with zero attached hydrogens (tertiary/aromatic N) is 1. The average Bonchev–Trinajstić information content (AvgIpc) is 3.22. The number of furan rings is 1. The molecular formula is C32H32NO+. The summed E-state index contributed by atoms with van der Waals surface area (Å²) in [7, 11) is 2.10. The van der Waals surface area contributed by atoms with Crippen LogP contribution in [0.25, 0.3) is 44.3 Å². The SMILES string of the molecule is Cc1ccc2c(oc3c(-c4cc5c(c(C(C)C)c4)CCCC5)cccc32)c1-c1cccc[n+]1C. The predicted octanol–water partition coefficient (Wildman–Crippen LogP) is 8.06. The van der Waals surface area contributed by atoms with Gasteiger partial charge in [-0.25, -0.2) is 4.57 Å². The van der Waals surface area contributed by atoms with Crippen molar-refractivity contribution in [1.29, 1.82) is 0 Å². The van der Waals surface area contributed by atoms with Crippen LogP contribution in [0.15, 0.2) is 71.3 Å². The third kappa shape index (κ3) is 3.27. The fraction of sp³-hybridized carbons (Fsp3) is 0.281. The van der Waals surface area contributed by atoms with E-state index in [0.717, 1.165) is 11.2 Å². The molecule has 0 spiro atoms. The lowest BCUT2D eigenvalue weighted by atomic mass is 9.82. The number of aromatic nitrogens is 1. The molecule has 0 aliphatic heterocycles. The van der Waals surface area contributed by atoms with Gasteiger partial charge in [0.2, 0.25) is 5.69 Å². The van der Waals surface area contributed by atoms with Gasteiger partial charge in [0.25, 0.3) is 0 Å².